The van der Waals surface area contributed by atoms with Crippen LogP contribution in [0.25, 0.3) is 16.7 Å². The van der Waals surface area contributed by atoms with E-state index in [0.717, 1.165) is 15.5 Å². The van der Waals surface area contributed by atoms with Gasteiger partial charge in [-0.25, -0.2) is 9.37 Å². The van der Waals surface area contributed by atoms with Crippen LogP contribution in [0, 0.1) is 5.82 Å². The number of imidazole rings is 1. The number of fused-ring (bicyclic) bond motifs is 1. The minimum absolute atomic E-state index is 0.351. The summed E-state index contributed by atoms with van der Waals surface area (Å²) in [5, 5.41) is 0.197. The third-order valence-corrected chi connectivity index (χ3v) is 4.07. The van der Waals surface area contributed by atoms with Crippen molar-refractivity contribution in [3.63, 3.8) is 0 Å². The summed E-state index contributed by atoms with van der Waals surface area (Å²) in [5.74, 6) is 0.224. The third-order valence-electron chi connectivity index (χ3n) is 3.15. The molecule has 0 aliphatic heterocycles. The predicted molar refractivity (Wildman–Crippen MR) is 88.0 cm³/mol. The van der Waals surface area contributed by atoms with E-state index in [4.69, 9.17) is 23.2 Å². The van der Waals surface area contributed by atoms with E-state index in [0.29, 0.717) is 16.5 Å². The number of alkyl halides is 1. The molecular formula is C15H10BrCl2FN2. The SMILES string of the molecule is CC(Cl)c1nc2ccc(Cl)cc2n1-c1cc(Br)ccc1F. The molecule has 0 radical (unpaired) electrons. The van der Waals surface area contributed by atoms with Crippen LogP contribution in [0.4, 0.5) is 4.39 Å². The molecule has 3 rings (SSSR count). The minimum atomic E-state index is -0.366. The molecule has 108 valence electrons. The van der Waals surface area contributed by atoms with E-state index in [1.165, 1.54) is 6.07 Å². The van der Waals surface area contributed by atoms with Crippen LogP contribution in [0.1, 0.15) is 18.1 Å². The Balaban J connectivity index is 2.41. The second-order valence-corrected chi connectivity index (χ2v) is 6.66. The molecule has 3 aromatic rings. The highest BCUT2D eigenvalue weighted by Gasteiger charge is 2.19. The van der Waals surface area contributed by atoms with E-state index in [2.05, 4.69) is 20.9 Å². The molecule has 1 unspecified atom stereocenters. The zero-order chi connectivity index (χ0) is 15.1. The number of hydrogen-bond acceptors (Lipinski definition) is 1. The van der Waals surface area contributed by atoms with E-state index in [9.17, 15) is 4.39 Å². The van der Waals surface area contributed by atoms with Gasteiger partial charge >= 0.3 is 0 Å². The highest BCUT2D eigenvalue weighted by molar-refractivity contribution is 9.10. The van der Waals surface area contributed by atoms with Crippen LogP contribution in [0.3, 0.4) is 0 Å². The van der Waals surface area contributed by atoms with Crippen molar-refractivity contribution >= 4 is 50.2 Å². The monoisotopic (exact) mass is 386 g/mol. The van der Waals surface area contributed by atoms with Crippen molar-refractivity contribution in [1.29, 1.82) is 0 Å². The molecule has 0 saturated carbocycles. The first-order valence-corrected chi connectivity index (χ1v) is 7.85. The second kappa shape index (κ2) is 5.59. The molecule has 6 heteroatoms. The lowest BCUT2D eigenvalue weighted by molar-refractivity contribution is 0.616. The average molecular weight is 388 g/mol. The van der Waals surface area contributed by atoms with Crippen molar-refractivity contribution in [3.8, 4) is 5.69 Å². The molecule has 0 N–H and O–H groups in total. The van der Waals surface area contributed by atoms with Crippen molar-refractivity contribution in [2.75, 3.05) is 0 Å². The standard InChI is InChI=1S/C15H10BrCl2FN2/c1-8(17)15-20-12-5-3-10(18)7-14(12)21(15)13-6-9(16)2-4-11(13)19/h2-8H,1H3. The summed E-state index contributed by atoms with van der Waals surface area (Å²) in [6.45, 7) is 1.80. The Labute approximate surface area is 139 Å². The number of aromatic nitrogens is 2. The van der Waals surface area contributed by atoms with Crippen molar-refractivity contribution in [1.82, 2.24) is 9.55 Å². The predicted octanol–water partition coefficient (Wildman–Crippen LogP) is 5.88. The molecule has 0 bridgehead atoms. The summed E-state index contributed by atoms with van der Waals surface area (Å²) in [5.41, 5.74) is 1.83. The summed E-state index contributed by atoms with van der Waals surface area (Å²) in [6, 6.07) is 10.0. The van der Waals surface area contributed by atoms with E-state index in [-0.39, 0.29) is 11.2 Å². The van der Waals surface area contributed by atoms with Gasteiger partial charge in [-0.2, -0.15) is 0 Å². The van der Waals surface area contributed by atoms with Gasteiger partial charge in [0.05, 0.1) is 22.1 Å². The molecule has 1 aromatic heterocycles. The van der Waals surface area contributed by atoms with Gasteiger partial charge in [-0.05, 0) is 43.3 Å². The Morgan fingerprint density at radius 2 is 2.00 bits per heavy atom. The second-order valence-electron chi connectivity index (χ2n) is 4.65. The van der Waals surface area contributed by atoms with Gasteiger partial charge < -0.3 is 0 Å². The molecule has 1 heterocycles. The van der Waals surface area contributed by atoms with Crippen molar-refractivity contribution in [2.24, 2.45) is 0 Å². The Bertz CT molecular complexity index is 830. The van der Waals surface area contributed by atoms with Gasteiger partial charge in [-0.3, -0.25) is 4.57 Å². The van der Waals surface area contributed by atoms with Gasteiger partial charge in [-0.1, -0.05) is 27.5 Å². The van der Waals surface area contributed by atoms with Gasteiger partial charge in [0, 0.05) is 9.50 Å². The molecule has 0 saturated heterocycles. The van der Waals surface area contributed by atoms with Gasteiger partial charge in [0.2, 0.25) is 0 Å². The first-order valence-electron chi connectivity index (χ1n) is 6.25. The number of benzene rings is 2. The molecule has 2 aromatic carbocycles. The average Bonchev–Trinajstić information content (AvgIpc) is 2.80. The van der Waals surface area contributed by atoms with Gasteiger partial charge in [0.25, 0.3) is 0 Å². The fourth-order valence-electron chi connectivity index (χ4n) is 2.24. The maximum Gasteiger partial charge on any atom is 0.147 e. The molecule has 1 atom stereocenters. The quantitative estimate of drug-likeness (QED) is 0.502. The lowest BCUT2D eigenvalue weighted by atomic mass is 10.2. The summed E-state index contributed by atoms with van der Waals surface area (Å²) < 4.78 is 16.7. The maximum absolute atomic E-state index is 14.3. The number of hydrogen-bond donors (Lipinski definition) is 0. The summed E-state index contributed by atoms with van der Waals surface area (Å²) >= 11 is 15.6. The van der Waals surface area contributed by atoms with Gasteiger partial charge in [0.15, 0.2) is 0 Å². The molecule has 0 aliphatic rings. The Morgan fingerprint density at radius 1 is 1.24 bits per heavy atom. The number of rotatable bonds is 2. The van der Waals surface area contributed by atoms with Crippen molar-refractivity contribution in [3.05, 3.63) is 57.5 Å². The summed E-state index contributed by atoms with van der Waals surface area (Å²) in [7, 11) is 0. The lowest BCUT2D eigenvalue weighted by Crippen LogP contribution is -2.04. The molecule has 0 aliphatic carbocycles. The molecule has 21 heavy (non-hydrogen) atoms. The minimum Gasteiger partial charge on any atom is -0.292 e. The lowest BCUT2D eigenvalue weighted by Gasteiger charge is -2.12. The molecule has 0 amide bonds. The van der Waals surface area contributed by atoms with E-state index < -0.39 is 0 Å². The van der Waals surface area contributed by atoms with Crippen LogP contribution >= 0.6 is 39.1 Å². The summed E-state index contributed by atoms with van der Waals surface area (Å²) in [4.78, 5) is 4.49. The molecule has 0 spiro atoms. The van der Waals surface area contributed by atoms with Crippen LogP contribution in [-0.4, -0.2) is 9.55 Å². The topological polar surface area (TPSA) is 17.8 Å². The van der Waals surface area contributed by atoms with Crippen LogP contribution in [0.5, 0.6) is 0 Å². The van der Waals surface area contributed by atoms with Gasteiger partial charge in [-0.15, -0.1) is 11.6 Å². The molecule has 2 nitrogen and oxygen atoms in total. The highest BCUT2D eigenvalue weighted by atomic mass is 79.9. The molecule has 0 fully saturated rings. The van der Waals surface area contributed by atoms with Crippen molar-refractivity contribution in [2.45, 2.75) is 12.3 Å². The smallest absolute Gasteiger partial charge is 0.147 e. The van der Waals surface area contributed by atoms with Crippen LogP contribution in [0.2, 0.25) is 5.02 Å². The Kier molecular flexibility index (Phi) is 3.95. The van der Waals surface area contributed by atoms with Crippen molar-refractivity contribution < 1.29 is 4.39 Å². The third kappa shape index (κ3) is 2.68. The first-order chi connectivity index (χ1) is 9.97. The first kappa shape index (κ1) is 14.8. The Hall–Kier alpha value is -1.10. The maximum atomic E-state index is 14.3. The largest absolute Gasteiger partial charge is 0.292 e. The number of halogens is 4. The van der Waals surface area contributed by atoms with Crippen LogP contribution in [-0.2, 0) is 0 Å². The highest BCUT2D eigenvalue weighted by Crippen LogP contribution is 2.31. The van der Waals surface area contributed by atoms with E-state index >= 15 is 0 Å². The molecular weight excluding hydrogens is 378 g/mol. The van der Waals surface area contributed by atoms with E-state index in [1.54, 1.807) is 41.8 Å². The van der Waals surface area contributed by atoms with E-state index in [1.807, 2.05) is 0 Å². The number of nitrogens with zero attached hydrogens (tertiary/aromatic N) is 2. The normalized spacial score (nSPS) is 12.8. The zero-order valence-corrected chi connectivity index (χ0v) is 14.0. The zero-order valence-electron chi connectivity index (χ0n) is 10.9. The van der Waals surface area contributed by atoms with Gasteiger partial charge in [0.1, 0.15) is 11.6 Å². The fraction of sp³-hybridized carbons (Fsp3) is 0.133. The van der Waals surface area contributed by atoms with Crippen LogP contribution < -0.4 is 0 Å². The summed E-state index contributed by atoms with van der Waals surface area (Å²) in [6.07, 6.45) is 0. The van der Waals surface area contributed by atoms with Crippen LogP contribution in [0.15, 0.2) is 40.9 Å². The fourth-order valence-corrected chi connectivity index (χ4v) is 2.91. The Morgan fingerprint density at radius 3 is 2.71 bits per heavy atom.